The molecule has 154 valence electrons. The maximum atomic E-state index is 12.1. The van der Waals surface area contributed by atoms with E-state index in [-0.39, 0.29) is 19.6 Å². The number of carboxylic acids is 1. The fourth-order valence-corrected chi connectivity index (χ4v) is 2.48. The van der Waals surface area contributed by atoms with Gasteiger partial charge in [-0.2, -0.15) is 0 Å². The van der Waals surface area contributed by atoms with E-state index in [2.05, 4.69) is 20.9 Å². The van der Waals surface area contributed by atoms with E-state index in [9.17, 15) is 14.4 Å². The van der Waals surface area contributed by atoms with Crippen molar-refractivity contribution in [3.63, 3.8) is 0 Å². The maximum absolute atomic E-state index is 12.1. The number of carbonyl (C=O) groups excluding carboxylic acids is 2. The molecule has 0 aliphatic rings. The molecule has 0 bridgehead atoms. The number of ether oxygens (including phenoxy) is 1. The Kier molecular flexibility index (Phi) is 8.94. The number of alkyl carbamates (subject to hydrolysis) is 1. The summed E-state index contributed by atoms with van der Waals surface area (Å²) in [5.41, 5.74) is 0.672. The molecule has 29 heavy (non-hydrogen) atoms. The number of nitrogens with zero attached hydrogens (tertiary/aromatic N) is 1. The van der Waals surface area contributed by atoms with E-state index in [0.29, 0.717) is 18.5 Å². The molecule has 0 aliphatic carbocycles. The highest BCUT2D eigenvalue weighted by Gasteiger charge is 2.18. The number of carboxylic acid groups (broad SMARTS) is 1. The molecule has 9 heteroatoms. The Morgan fingerprint density at radius 3 is 2.52 bits per heavy atom. The van der Waals surface area contributed by atoms with Gasteiger partial charge in [0.1, 0.15) is 12.4 Å². The van der Waals surface area contributed by atoms with Crippen LogP contribution in [-0.2, 0) is 14.3 Å². The van der Waals surface area contributed by atoms with Gasteiger partial charge in [-0.15, -0.1) is 0 Å². The number of rotatable bonds is 11. The molecule has 0 saturated heterocycles. The van der Waals surface area contributed by atoms with Gasteiger partial charge in [-0.05, 0) is 24.1 Å². The topological polar surface area (TPSA) is 130 Å². The number of carbonyl (C=O) groups is 3. The van der Waals surface area contributed by atoms with Gasteiger partial charge in [0.15, 0.2) is 0 Å². The van der Waals surface area contributed by atoms with Crippen LogP contribution in [0.5, 0.6) is 0 Å². The van der Waals surface area contributed by atoms with E-state index >= 15 is 0 Å². The minimum absolute atomic E-state index is 0.180. The summed E-state index contributed by atoms with van der Waals surface area (Å²) >= 11 is 0. The lowest BCUT2D eigenvalue weighted by Crippen LogP contribution is -2.39. The third-order valence-corrected chi connectivity index (χ3v) is 3.83. The first kappa shape index (κ1) is 21.7. The third kappa shape index (κ3) is 8.74. The summed E-state index contributed by atoms with van der Waals surface area (Å²) in [5.74, 6) is -0.803. The summed E-state index contributed by atoms with van der Waals surface area (Å²) < 4.78 is 5.00. The molecule has 9 nitrogen and oxygen atoms in total. The SMILES string of the molecule is O=C(O)CC(NC(=O)CNC(=O)OCCCNc1ccccn1)c1ccccc1. The molecule has 1 heterocycles. The van der Waals surface area contributed by atoms with E-state index in [1.54, 1.807) is 36.5 Å². The van der Waals surface area contributed by atoms with Gasteiger partial charge in [0.05, 0.1) is 19.1 Å². The second-order valence-corrected chi connectivity index (χ2v) is 6.11. The predicted octanol–water partition coefficient (Wildman–Crippen LogP) is 1.94. The van der Waals surface area contributed by atoms with Crippen molar-refractivity contribution >= 4 is 23.8 Å². The average molecular weight is 400 g/mol. The van der Waals surface area contributed by atoms with Crippen molar-refractivity contribution in [2.75, 3.05) is 25.0 Å². The molecule has 2 amide bonds. The molecule has 2 aromatic rings. The van der Waals surface area contributed by atoms with E-state index in [1.807, 2.05) is 18.2 Å². The smallest absolute Gasteiger partial charge is 0.407 e. The Morgan fingerprint density at radius 2 is 1.83 bits per heavy atom. The highest BCUT2D eigenvalue weighted by Crippen LogP contribution is 2.16. The number of hydrogen-bond acceptors (Lipinski definition) is 6. The number of benzene rings is 1. The summed E-state index contributed by atoms with van der Waals surface area (Å²) in [5, 5.41) is 17.1. The first-order valence-corrected chi connectivity index (χ1v) is 9.16. The van der Waals surface area contributed by atoms with Crippen LogP contribution in [0.4, 0.5) is 10.6 Å². The minimum Gasteiger partial charge on any atom is -0.481 e. The molecule has 0 spiro atoms. The van der Waals surface area contributed by atoms with Gasteiger partial charge in [0.2, 0.25) is 5.91 Å². The Labute approximate surface area is 168 Å². The molecule has 4 N–H and O–H groups in total. The van der Waals surface area contributed by atoms with Crippen LogP contribution < -0.4 is 16.0 Å². The summed E-state index contributed by atoms with van der Waals surface area (Å²) in [7, 11) is 0. The van der Waals surface area contributed by atoms with Crippen molar-refractivity contribution in [2.45, 2.75) is 18.9 Å². The minimum atomic E-state index is -1.04. The standard InChI is InChI=1S/C20H24N4O5/c25-18(24-16(13-19(26)27)15-7-2-1-3-8-15)14-23-20(28)29-12-6-11-22-17-9-4-5-10-21-17/h1-5,7-10,16H,6,11-14H2,(H,21,22)(H,23,28)(H,24,25)(H,26,27). The molecule has 1 aromatic heterocycles. The van der Waals surface area contributed by atoms with Gasteiger partial charge in [0.25, 0.3) is 0 Å². The number of amides is 2. The second-order valence-electron chi connectivity index (χ2n) is 6.11. The first-order chi connectivity index (χ1) is 14.0. The number of aliphatic carboxylic acids is 1. The molecule has 1 unspecified atom stereocenters. The molecule has 1 aromatic carbocycles. The molecule has 0 saturated carbocycles. The second kappa shape index (κ2) is 12.0. The van der Waals surface area contributed by atoms with Crippen LogP contribution in [0.15, 0.2) is 54.7 Å². The normalized spacial score (nSPS) is 11.2. The zero-order chi connectivity index (χ0) is 20.9. The fraction of sp³-hybridized carbons (Fsp3) is 0.300. The summed E-state index contributed by atoms with van der Waals surface area (Å²) in [6, 6.07) is 13.6. The first-order valence-electron chi connectivity index (χ1n) is 9.16. The summed E-state index contributed by atoms with van der Waals surface area (Å²) in [4.78, 5) is 38.9. The quantitative estimate of drug-likeness (QED) is 0.424. The zero-order valence-electron chi connectivity index (χ0n) is 15.8. The van der Waals surface area contributed by atoms with Gasteiger partial charge < -0.3 is 25.8 Å². The number of nitrogens with one attached hydrogen (secondary N) is 3. The lowest BCUT2D eigenvalue weighted by atomic mass is 10.0. The summed E-state index contributed by atoms with van der Waals surface area (Å²) in [6.45, 7) is 0.450. The number of anilines is 1. The zero-order valence-corrected chi connectivity index (χ0v) is 15.8. The van der Waals surface area contributed by atoms with Crippen molar-refractivity contribution in [2.24, 2.45) is 0 Å². The van der Waals surface area contributed by atoms with Gasteiger partial charge >= 0.3 is 12.1 Å². The highest BCUT2D eigenvalue weighted by atomic mass is 16.5. The fourth-order valence-electron chi connectivity index (χ4n) is 2.48. The van der Waals surface area contributed by atoms with Crippen molar-refractivity contribution in [1.82, 2.24) is 15.6 Å². The molecule has 0 fully saturated rings. The summed E-state index contributed by atoms with van der Waals surface area (Å²) in [6.07, 6.45) is 1.28. The van der Waals surface area contributed by atoms with Crippen molar-refractivity contribution < 1.29 is 24.2 Å². The van der Waals surface area contributed by atoms with E-state index in [4.69, 9.17) is 9.84 Å². The van der Waals surface area contributed by atoms with Gasteiger partial charge in [-0.25, -0.2) is 9.78 Å². The van der Waals surface area contributed by atoms with Crippen LogP contribution in [0.25, 0.3) is 0 Å². The van der Waals surface area contributed by atoms with Crippen LogP contribution in [0, 0.1) is 0 Å². The maximum Gasteiger partial charge on any atom is 0.407 e. The van der Waals surface area contributed by atoms with E-state index in [0.717, 1.165) is 5.82 Å². The van der Waals surface area contributed by atoms with Gasteiger partial charge in [0, 0.05) is 12.7 Å². The van der Waals surface area contributed by atoms with Crippen LogP contribution in [0.3, 0.4) is 0 Å². The lowest BCUT2D eigenvalue weighted by Gasteiger charge is -2.17. The molecule has 0 radical (unpaired) electrons. The van der Waals surface area contributed by atoms with Crippen molar-refractivity contribution in [3.8, 4) is 0 Å². The molecule has 2 rings (SSSR count). The van der Waals surface area contributed by atoms with E-state index < -0.39 is 24.0 Å². The Balaban J connectivity index is 1.65. The van der Waals surface area contributed by atoms with Gasteiger partial charge in [-0.3, -0.25) is 9.59 Å². The van der Waals surface area contributed by atoms with Crippen LogP contribution >= 0.6 is 0 Å². The third-order valence-electron chi connectivity index (χ3n) is 3.83. The Bertz CT molecular complexity index is 786. The Hall–Kier alpha value is -3.62. The van der Waals surface area contributed by atoms with Crippen molar-refractivity contribution in [1.29, 1.82) is 0 Å². The number of hydrogen-bond donors (Lipinski definition) is 4. The monoisotopic (exact) mass is 400 g/mol. The highest BCUT2D eigenvalue weighted by molar-refractivity contribution is 5.83. The molecular formula is C20H24N4O5. The largest absolute Gasteiger partial charge is 0.481 e. The van der Waals surface area contributed by atoms with Crippen molar-refractivity contribution in [3.05, 3.63) is 60.3 Å². The van der Waals surface area contributed by atoms with E-state index in [1.165, 1.54) is 0 Å². The van der Waals surface area contributed by atoms with Crippen LogP contribution in [-0.4, -0.2) is 47.8 Å². The number of aromatic nitrogens is 1. The van der Waals surface area contributed by atoms with Gasteiger partial charge in [-0.1, -0.05) is 36.4 Å². The Morgan fingerprint density at radius 1 is 1.07 bits per heavy atom. The predicted molar refractivity (Wildman–Crippen MR) is 106 cm³/mol. The van der Waals surface area contributed by atoms with Crippen LogP contribution in [0.2, 0.25) is 0 Å². The molecule has 0 aliphatic heterocycles. The molecular weight excluding hydrogens is 376 g/mol. The lowest BCUT2D eigenvalue weighted by molar-refractivity contribution is -0.137. The molecule has 1 atom stereocenters. The van der Waals surface area contributed by atoms with Crippen LogP contribution in [0.1, 0.15) is 24.4 Å². The number of pyridine rings is 1. The average Bonchev–Trinajstić information content (AvgIpc) is 2.72.